The summed E-state index contributed by atoms with van der Waals surface area (Å²) < 4.78 is 6.21. The molecule has 0 aliphatic carbocycles. The van der Waals surface area contributed by atoms with Crippen molar-refractivity contribution in [3.8, 4) is 0 Å². The lowest BCUT2D eigenvalue weighted by Gasteiger charge is -2.22. The van der Waals surface area contributed by atoms with Gasteiger partial charge in [-0.15, -0.1) is 0 Å². The summed E-state index contributed by atoms with van der Waals surface area (Å²) in [6.07, 6.45) is 14.6. The van der Waals surface area contributed by atoms with Crippen LogP contribution in [0.5, 0.6) is 0 Å². The van der Waals surface area contributed by atoms with Gasteiger partial charge in [0.15, 0.2) is 6.54 Å². The van der Waals surface area contributed by atoms with E-state index in [0.717, 1.165) is 19.4 Å². The molecular formula is C20H43NO3P+. The Bertz CT molecular complexity index is 340. The van der Waals surface area contributed by atoms with E-state index in [1.807, 2.05) is 21.1 Å². The average Bonchev–Trinajstić information content (AvgIpc) is 2.53. The van der Waals surface area contributed by atoms with Gasteiger partial charge in [-0.05, 0) is 6.42 Å². The Morgan fingerprint density at radius 1 is 0.840 bits per heavy atom. The van der Waals surface area contributed by atoms with E-state index < -0.39 is 7.77 Å². The van der Waals surface area contributed by atoms with Gasteiger partial charge in [0.2, 0.25) is 0 Å². The van der Waals surface area contributed by atoms with Gasteiger partial charge >= 0.3 is 0 Å². The molecule has 0 radical (unpaired) electrons. The maximum absolute atomic E-state index is 11.9. The highest BCUT2D eigenvalue weighted by Crippen LogP contribution is 2.15. The quantitative estimate of drug-likeness (QED) is 0.234. The Labute approximate surface area is 157 Å². The second kappa shape index (κ2) is 16.2. The molecule has 0 bridgehead atoms. The second-order valence-electron chi connectivity index (χ2n) is 8.11. The molecule has 1 atom stereocenters. The van der Waals surface area contributed by atoms with Crippen LogP contribution in [-0.4, -0.2) is 62.1 Å². The van der Waals surface area contributed by atoms with Crippen LogP contribution in [0.4, 0.5) is 0 Å². The van der Waals surface area contributed by atoms with Crippen LogP contribution < -0.4 is 4.89 Å². The normalized spacial score (nSPS) is 13.2. The molecule has 0 amide bonds. The summed E-state index contributed by atoms with van der Waals surface area (Å²) in [5, 5.41) is 9.83. The molecule has 1 N–H and O–H groups in total. The van der Waals surface area contributed by atoms with E-state index in [0.29, 0.717) is 23.8 Å². The van der Waals surface area contributed by atoms with Crippen molar-refractivity contribution >= 4 is 13.3 Å². The van der Waals surface area contributed by atoms with Crippen molar-refractivity contribution in [3.05, 3.63) is 0 Å². The Morgan fingerprint density at radius 3 is 1.84 bits per heavy atom. The second-order valence-corrected chi connectivity index (χ2v) is 9.84. The summed E-state index contributed by atoms with van der Waals surface area (Å²) in [7, 11) is 4.32. The standard InChI is InChI=1S/C20H42NO3P/c1-5-6-7-8-9-10-11-12-13-14-16-24-17-15-18-25(23)20(22)19-21(2,3)4/h5-19H2,1-4H3/p+1. The van der Waals surface area contributed by atoms with Gasteiger partial charge in [0.05, 0.1) is 35.5 Å². The topological polar surface area (TPSA) is 52.5 Å². The van der Waals surface area contributed by atoms with E-state index in [1.165, 1.54) is 57.8 Å². The molecule has 4 nitrogen and oxygen atoms in total. The lowest BCUT2D eigenvalue weighted by Crippen LogP contribution is -2.39. The highest BCUT2D eigenvalue weighted by atomic mass is 31.1. The van der Waals surface area contributed by atoms with Crippen molar-refractivity contribution in [2.75, 3.05) is 47.1 Å². The van der Waals surface area contributed by atoms with Crippen LogP contribution in [0.2, 0.25) is 0 Å². The molecule has 0 fully saturated rings. The van der Waals surface area contributed by atoms with Crippen LogP contribution in [-0.2, 0) is 4.74 Å². The molecule has 0 aliphatic rings. The molecule has 0 heterocycles. The minimum Gasteiger partial charge on any atom is -0.629 e. The minimum absolute atomic E-state index is 0.136. The summed E-state index contributed by atoms with van der Waals surface area (Å²) in [5.74, 6) is 0. The third-order valence-electron chi connectivity index (χ3n) is 4.20. The Balaban J connectivity index is 3.37. The molecule has 0 aliphatic heterocycles. The average molecular weight is 377 g/mol. The number of aliphatic hydroxyl groups excluding tert-OH is 1. The number of ether oxygens (including phenoxy) is 1. The number of nitrogens with zero attached hydrogens (tertiary/aromatic N) is 1. The molecule has 1 unspecified atom stereocenters. The largest absolute Gasteiger partial charge is 0.629 e. The Kier molecular flexibility index (Phi) is 16.2. The summed E-state index contributed by atoms with van der Waals surface area (Å²) in [6.45, 7) is 4.17. The number of likely N-dealkylation sites (N-methyl/N-ethyl adjacent to an activating group) is 1. The molecule has 0 aromatic carbocycles. The van der Waals surface area contributed by atoms with Gasteiger partial charge in [-0.1, -0.05) is 64.7 Å². The molecule has 0 saturated carbocycles. The van der Waals surface area contributed by atoms with E-state index in [-0.39, 0.29) is 5.48 Å². The summed E-state index contributed by atoms with van der Waals surface area (Å²) in [5.41, 5.74) is 0.136. The number of rotatable bonds is 17. The highest BCUT2D eigenvalue weighted by Gasteiger charge is 2.16. The summed E-state index contributed by atoms with van der Waals surface area (Å²) >= 11 is 0. The third-order valence-corrected chi connectivity index (χ3v) is 5.64. The number of unbranched alkanes of at least 4 members (excludes halogenated alkanes) is 9. The number of hydrogen-bond acceptors (Lipinski definition) is 2. The molecule has 5 heteroatoms. The van der Waals surface area contributed by atoms with E-state index in [1.54, 1.807) is 0 Å². The van der Waals surface area contributed by atoms with Crippen LogP contribution in [0, 0.1) is 0 Å². The number of quaternary nitrogens is 1. The van der Waals surface area contributed by atoms with Crippen LogP contribution in [0.25, 0.3) is 0 Å². The Morgan fingerprint density at radius 2 is 1.32 bits per heavy atom. The monoisotopic (exact) mass is 376 g/mol. The van der Waals surface area contributed by atoms with Gasteiger partial charge in [0, 0.05) is 13.0 Å². The molecule has 0 saturated heterocycles. The first-order valence-electron chi connectivity index (χ1n) is 10.2. The van der Waals surface area contributed by atoms with Crippen molar-refractivity contribution < 1.29 is 19.2 Å². The first-order valence-corrected chi connectivity index (χ1v) is 11.7. The van der Waals surface area contributed by atoms with Crippen molar-refractivity contribution in [3.63, 3.8) is 0 Å². The minimum atomic E-state index is -1.62. The van der Waals surface area contributed by atoms with Crippen LogP contribution in [0.15, 0.2) is 0 Å². The van der Waals surface area contributed by atoms with Crippen molar-refractivity contribution in [1.29, 1.82) is 0 Å². The molecular weight excluding hydrogens is 333 g/mol. The lowest BCUT2D eigenvalue weighted by molar-refractivity contribution is -0.861. The van der Waals surface area contributed by atoms with Gasteiger partial charge in [0.25, 0.3) is 5.48 Å². The van der Waals surface area contributed by atoms with Gasteiger partial charge in [-0.2, -0.15) is 0 Å². The van der Waals surface area contributed by atoms with Gasteiger partial charge < -0.3 is 19.2 Å². The zero-order valence-electron chi connectivity index (χ0n) is 17.3. The molecule has 0 rings (SSSR count). The number of hydrogen-bond donors (Lipinski definition) is 1. The van der Waals surface area contributed by atoms with Crippen molar-refractivity contribution in [2.24, 2.45) is 0 Å². The zero-order chi connectivity index (χ0) is 19.0. The van der Waals surface area contributed by atoms with E-state index >= 15 is 0 Å². The molecule has 0 spiro atoms. The summed E-state index contributed by atoms with van der Waals surface area (Å²) in [4.78, 5) is 11.9. The SMILES string of the molecule is CCCCCCCCCCCCOCCC/[P+]([O-])=C(\O)C[N+](C)(C)C. The van der Waals surface area contributed by atoms with E-state index in [2.05, 4.69) is 6.92 Å². The first-order chi connectivity index (χ1) is 11.9. The molecule has 0 aromatic heterocycles. The number of aliphatic hydroxyl groups is 1. The van der Waals surface area contributed by atoms with Crippen LogP contribution in [0.3, 0.4) is 0 Å². The fraction of sp³-hybridized carbons (Fsp3) is 0.950. The van der Waals surface area contributed by atoms with Crippen molar-refractivity contribution in [1.82, 2.24) is 0 Å². The maximum Gasteiger partial charge on any atom is 0.273 e. The Hall–Kier alpha value is 0.0100. The van der Waals surface area contributed by atoms with Gasteiger partial charge in [-0.25, -0.2) is 0 Å². The zero-order valence-corrected chi connectivity index (χ0v) is 18.2. The fourth-order valence-corrected chi connectivity index (χ4v) is 3.99. The predicted molar refractivity (Wildman–Crippen MR) is 109 cm³/mol. The first kappa shape index (κ1) is 25.0. The van der Waals surface area contributed by atoms with Crippen molar-refractivity contribution in [2.45, 2.75) is 77.6 Å². The van der Waals surface area contributed by atoms with Gasteiger partial charge in [0.1, 0.15) is 6.16 Å². The van der Waals surface area contributed by atoms with E-state index in [4.69, 9.17) is 4.74 Å². The van der Waals surface area contributed by atoms with Crippen LogP contribution >= 0.6 is 7.77 Å². The fourth-order valence-electron chi connectivity index (χ4n) is 2.74. The molecule has 0 aromatic rings. The van der Waals surface area contributed by atoms with E-state index in [9.17, 15) is 10.00 Å². The maximum atomic E-state index is 11.9. The lowest BCUT2D eigenvalue weighted by atomic mass is 10.1. The molecule has 25 heavy (non-hydrogen) atoms. The summed E-state index contributed by atoms with van der Waals surface area (Å²) in [6, 6.07) is 0. The van der Waals surface area contributed by atoms with Crippen LogP contribution in [0.1, 0.15) is 77.6 Å². The predicted octanol–water partition coefficient (Wildman–Crippen LogP) is 4.28. The van der Waals surface area contributed by atoms with Gasteiger partial charge in [-0.3, -0.25) is 0 Å². The smallest absolute Gasteiger partial charge is 0.273 e. The highest BCUT2D eigenvalue weighted by molar-refractivity contribution is 7.51. The third kappa shape index (κ3) is 18.6. The molecule has 150 valence electrons.